The van der Waals surface area contributed by atoms with Gasteiger partial charge in [0.05, 0.1) is 13.2 Å². The Hall–Kier alpha value is -0.820. The van der Waals surface area contributed by atoms with Gasteiger partial charge in [-0.25, -0.2) is 0 Å². The molecule has 1 atom stereocenters. The van der Waals surface area contributed by atoms with Crippen molar-refractivity contribution in [2.75, 3.05) is 13.2 Å². The minimum absolute atomic E-state index is 0.408. The predicted molar refractivity (Wildman–Crippen MR) is 83.2 cm³/mol. The molecular formula is C16H25NOS. The average Bonchev–Trinajstić information content (AvgIpc) is 2.87. The van der Waals surface area contributed by atoms with Crippen LogP contribution in [0.15, 0.2) is 11.4 Å². The Morgan fingerprint density at radius 3 is 2.95 bits per heavy atom. The van der Waals surface area contributed by atoms with Crippen LogP contribution in [0, 0.1) is 17.8 Å². The van der Waals surface area contributed by atoms with Gasteiger partial charge >= 0.3 is 0 Å². The van der Waals surface area contributed by atoms with Gasteiger partial charge in [0.25, 0.3) is 0 Å². The van der Waals surface area contributed by atoms with E-state index < -0.39 is 0 Å². The molecule has 0 aliphatic rings. The van der Waals surface area contributed by atoms with Crippen molar-refractivity contribution in [3.8, 4) is 11.8 Å². The largest absolute Gasteiger partial charge is 0.376 e. The van der Waals surface area contributed by atoms with Crippen LogP contribution >= 0.6 is 11.3 Å². The van der Waals surface area contributed by atoms with Crippen molar-refractivity contribution in [2.24, 2.45) is 11.7 Å². The van der Waals surface area contributed by atoms with E-state index in [2.05, 4.69) is 31.1 Å². The fraction of sp³-hybridized carbons (Fsp3) is 0.625. The van der Waals surface area contributed by atoms with E-state index in [0.29, 0.717) is 19.1 Å². The highest BCUT2D eigenvalue weighted by atomic mass is 32.1. The summed E-state index contributed by atoms with van der Waals surface area (Å²) in [5.41, 5.74) is 6.46. The first kappa shape index (κ1) is 16.2. The molecular weight excluding hydrogens is 254 g/mol. The van der Waals surface area contributed by atoms with E-state index in [9.17, 15) is 0 Å². The van der Waals surface area contributed by atoms with E-state index >= 15 is 0 Å². The molecule has 1 rings (SSSR count). The van der Waals surface area contributed by atoms with E-state index in [-0.39, 0.29) is 0 Å². The first-order chi connectivity index (χ1) is 9.31. The Balaban J connectivity index is 2.37. The summed E-state index contributed by atoms with van der Waals surface area (Å²) in [5, 5.41) is 2.06. The highest BCUT2D eigenvalue weighted by Crippen LogP contribution is 2.19. The molecule has 0 spiro atoms. The minimum Gasteiger partial charge on any atom is -0.376 e. The lowest BCUT2D eigenvalue weighted by atomic mass is 10.0. The van der Waals surface area contributed by atoms with E-state index in [1.54, 1.807) is 11.3 Å². The normalized spacial score (nSPS) is 11.9. The van der Waals surface area contributed by atoms with Gasteiger partial charge in [-0.3, -0.25) is 0 Å². The Bertz CT molecular complexity index is 402. The van der Waals surface area contributed by atoms with Gasteiger partial charge in [0, 0.05) is 17.0 Å². The maximum Gasteiger partial charge on any atom is 0.0822 e. The van der Waals surface area contributed by atoms with Crippen LogP contribution in [0.5, 0.6) is 0 Å². The molecule has 2 nitrogen and oxygen atoms in total. The van der Waals surface area contributed by atoms with Gasteiger partial charge in [-0.1, -0.05) is 45.0 Å². The van der Waals surface area contributed by atoms with Crippen molar-refractivity contribution in [1.82, 2.24) is 0 Å². The zero-order valence-corrected chi connectivity index (χ0v) is 12.9. The van der Waals surface area contributed by atoms with Crippen LogP contribution in [0.25, 0.3) is 0 Å². The number of unbranched alkanes of at least 4 members (excludes halogenated alkanes) is 1. The van der Waals surface area contributed by atoms with E-state index in [0.717, 1.165) is 12.2 Å². The SMILES string of the molecule is CCCCC(CC)COCc1sccc1C#CCN. The number of ether oxygens (including phenoxy) is 1. The summed E-state index contributed by atoms with van der Waals surface area (Å²) in [7, 11) is 0. The van der Waals surface area contributed by atoms with Crippen molar-refractivity contribution < 1.29 is 4.74 Å². The number of nitrogens with two attached hydrogens (primary N) is 1. The fourth-order valence-corrected chi connectivity index (χ4v) is 2.69. The molecule has 2 N–H and O–H groups in total. The molecule has 0 aliphatic carbocycles. The molecule has 1 aromatic rings. The van der Waals surface area contributed by atoms with Gasteiger partial charge < -0.3 is 10.5 Å². The molecule has 106 valence electrons. The lowest BCUT2D eigenvalue weighted by Gasteiger charge is -2.14. The third kappa shape index (κ3) is 6.24. The van der Waals surface area contributed by atoms with E-state index in [1.165, 1.54) is 30.6 Å². The van der Waals surface area contributed by atoms with Crippen molar-refractivity contribution in [3.63, 3.8) is 0 Å². The molecule has 1 aromatic heterocycles. The third-order valence-electron chi connectivity index (χ3n) is 3.20. The van der Waals surface area contributed by atoms with Crippen LogP contribution in [0.3, 0.4) is 0 Å². The van der Waals surface area contributed by atoms with Gasteiger partial charge in [-0.2, -0.15) is 0 Å². The van der Waals surface area contributed by atoms with Crippen LogP contribution in [0.4, 0.5) is 0 Å². The molecule has 0 amide bonds. The zero-order valence-electron chi connectivity index (χ0n) is 12.1. The number of rotatable bonds is 8. The van der Waals surface area contributed by atoms with Crippen molar-refractivity contribution in [1.29, 1.82) is 0 Å². The summed E-state index contributed by atoms with van der Waals surface area (Å²) in [6, 6.07) is 2.04. The summed E-state index contributed by atoms with van der Waals surface area (Å²) >= 11 is 1.71. The number of hydrogen-bond donors (Lipinski definition) is 1. The van der Waals surface area contributed by atoms with Crippen LogP contribution in [0.1, 0.15) is 50.0 Å². The fourth-order valence-electron chi connectivity index (χ4n) is 1.93. The van der Waals surface area contributed by atoms with Crippen LogP contribution < -0.4 is 5.73 Å². The maximum atomic E-state index is 5.86. The molecule has 0 bridgehead atoms. The monoisotopic (exact) mass is 279 g/mol. The number of thiophene rings is 1. The van der Waals surface area contributed by atoms with Gasteiger partial charge in [0.1, 0.15) is 0 Å². The second kappa shape index (κ2) is 10.0. The molecule has 3 heteroatoms. The number of hydrogen-bond acceptors (Lipinski definition) is 3. The lowest BCUT2D eigenvalue weighted by molar-refractivity contribution is 0.0835. The molecule has 1 unspecified atom stereocenters. The second-order valence-corrected chi connectivity index (χ2v) is 5.70. The summed E-state index contributed by atoms with van der Waals surface area (Å²) < 4.78 is 5.86. The quantitative estimate of drug-likeness (QED) is 0.735. The average molecular weight is 279 g/mol. The summed E-state index contributed by atoms with van der Waals surface area (Å²) in [6.45, 7) is 6.42. The van der Waals surface area contributed by atoms with Gasteiger partial charge in [0.15, 0.2) is 0 Å². The Morgan fingerprint density at radius 2 is 2.26 bits per heavy atom. The molecule has 0 aromatic carbocycles. The topological polar surface area (TPSA) is 35.2 Å². The standard InChI is InChI=1S/C16H25NOS/c1-3-5-7-14(4-2)12-18-13-16-15(8-6-10-17)9-11-19-16/h9,11,14H,3-5,7,10,12-13,17H2,1-2H3. The zero-order chi connectivity index (χ0) is 13.9. The molecule has 0 saturated carbocycles. The summed E-state index contributed by atoms with van der Waals surface area (Å²) in [6.07, 6.45) is 5.04. The van der Waals surface area contributed by atoms with Crippen LogP contribution in [-0.4, -0.2) is 13.2 Å². The molecule has 1 heterocycles. The van der Waals surface area contributed by atoms with Crippen LogP contribution in [0.2, 0.25) is 0 Å². The first-order valence-electron chi connectivity index (χ1n) is 7.14. The molecule has 0 aliphatic heterocycles. The Labute approximate surface area is 121 Å². The minimum atomic E-state index is 0.408. The third-order valence-corrected chi connectivity index (χ3v) is 4.09. The van der Waals surface area contributed by atoms with Crippen LogP contribution in [-0.2, 0) is 11.3 Å². The van der Waals surface area contributed by atoms with E-state index in [1.807, 2.05) is 6.07 Å². The smallest absolute Gasteiger partial charge is 0.0822 e. The molecule has 0 radical (unpaired) electrons. The molecule has 0 saturated heterocycles. The highest BCUT2D eigenvalue weighted by molar-refractivity contribution is 7.10. The molecule has 19 heavy (non-hydrogen) atoms. The van der Waals surface area contributed by atoms with Crippen molar-refractivity contribution in [2.45, 2.75) is 46.1 Å². The lowest BCUT2D eigenvalue weighted by Crippen LogP contribution is -2.08. The van der Waals surface area contributed by atoms with Crippen molar-refractivity contribution in [3.05, 3.63) is 21.9 Å². The van der Waals surface area contributed by atoms with Gasteiger partial charge in [0.2, 0.25) is 0 Å². The highest BCUT2D eigenvalue weighted by Gasteiger charge is 2.07. The maximum absolute atomic E-state index is 5.86. The van der Waals surface area contributed by atoms with Gasteiger partial charge in [-0.05, 0) is 23.8 Å². The Morgan fingerprint density at radius 1 is 1.42 bits per heavy atom. The van der Waals surface area contributed by atoms with Crippen molar-refractivity contribution >= 4 is 11.3 Å². The molecule has 0 fully saturated rings. The predicted octanol–water partition coefficient (Wildman–Crippen LogP) is 3.79. The first-order valence-corrected chi connectivity index (χ1v) is 8.02. The second-order valence-electron chi connectivity index (χ2n) is 4.69. The summed E-state index contributed by atoms with van der Waals surface area (Å²) in [5.74, 6) is 6.69. The van der Waals surface area contributed by atoms with Gasteiger partial charge in [-0.15, -0.1) is 11.3 Å². The van der Waals surface area contributed by atoms with E-state index in [4.69, 9.17) is 10.5 Å². The summed E-state index contributed by atoms with van der Waals surface area (Å²) in [4.78, 5) is 1.21. The Kier molecular flexibility index (Phi) is 8.57.